The van der Waals surface area contributed by atoms with Gasteiger partial charge in [-0.15, -0.1) is 0 Å². The van der Waals surface area contributed by atoms with Crippen molar-refractivity contribution in [3.63, 3.8) is 0 Å². The average Bonchev–Trinajstić information content (AvgIpc) is 3.16. The number of cyclic esters (lactones) is 2. The van der Waals surface area contributed by atoms with Crippen LogP contribution in [0.3, 0.4) is 0 Å². The minimum Gasteiger partial charge on any atom is -0.459 e. The van der Waals surface area contributed by atoms with Crippen LogP contribution in [0.5, 0.6) is 0 Å². The van der Waals surface area contributed by atoms with Gasteiger partial charge in [-0.05, 0) is 13.3 Å². The van der Waals surface area contributed by atoms with Gasteiger partial charge in [-0.1, -0.05) is 24.7 Å². The van der Waals surface area contributed by atoms with E-state index in [2.05, 4.69) is 11.9 Å². The number of unbranched alkanes of at least 4 members (excludes halogenated alkanes) is 1. The van der Waals surface area contributed by atoms with Gasteiger partial charge < -0.3 is 14.2 Å². The van der Waals surface area contributed by atoms with Crippen molar-refractivity contribution in [1.82, 2.24) is 0 Å². The van der Waals surface area contributed by atoms with Crippen LogP contribution in [0, 0.1) is 5.41 Å². The number of esters is 2. The molecule has 1 spiro atoms. The Morgan fingerprint density at radius 2 is 2.25 bits per heavy atom. The van der Waals surface area contributed by atoms with Gasteiger partial charge in [0.05, 0.1) is 6.61 Å². The molecule has 132 valence electrons. The second-order valence-electron chi connectivity index (χ2n) is 6.68. The molecular weight excluding hydrogens is 332 g/mol. The third kappa shape index (κ3) is 2.88. The Hall–Kier alpha value is -1.67. The van der Waals surface area contributed by atoms with E-state index in [4.69, 9.17) is 19.9 Å². The van der Waals surface area contributed by atoms with E-state index in [9.17, 15) is 9.59 Å². The zero-order valence-electron chi connectivity index (χ0n) is 13.9. The second kappa shape index (κ2) is 6.33. The number of carbonyl (C=O) groups excluding carboxylic acids is 2. The minimum absolute atomic E-state index is 0.246. The van der Waals surface area contributed by atoms with Crippen molar-refractivity contribution in [2.24, 2.45) is 5.41 Å². The highest BCUT2D eigenvalue weighted by atomic mass is 32.1. The number of nitrogens with two attached hydrogens (primary N) is 1. The van der Waals surface area contributed by atoms with Crippen LogP contribution in [-0.4, -0.2) is 31.3 Å². The van der Waals surface area contributed by atoms with Crippen LogP contribution >= 0.6 is 11.3 Å². The molecule has 0 bridgehead atoms. The summed E-state index contributed by atoms with van der Waals surface area (Å²) in [6, 6.07) is 0. The van der Waals surface area contributed by atoms with Crippen molar-refractivity contribution < 1.29 is 28.8 Å². The monoisotopic (exact) mass is 355 g/mol. The van der Waals surface area contributed by atoms with Gasteiger partial charge in [-0.25, -0.2) is 4.98 Å². The molecule has 3 N–H and O–H groups in total. The molecule has 2 saturated heterocycles. The number of aromatic nitrogens is 1. The van der Waals surface area contributed by atoms with Crippen molar-refractivity contribution in [3.05, 3.63) is 11.1 Å². The summed E-state index contributed by atoms with van der Waals surface area (Å²) < 4.78 is 16.5. The summed E-state index contributed by atoms with van der Waals surface area (Å²) in [5.74, 6) is -1.03. The van der Waals surface area contributed by atoms with Gasteiger partial charge in [0, 0.05) is 24.8 Å². The van der Waals surface area contributed by atoms with Crippen LogP contribution < -0.4 is 10.7 Å². The minimum atomic E-state index is -1.24. The number of nitrogens with one attached hydrogen (secondary N) is 1. The molecule has 3 atom stereocenters. The number of rotatable bonds is 6. The number of H-pyrrole nitrogens is 1. The van der Waals surface area contributed by atoms with Gasteiger partial charge in [0.2, 0.25) is 0 Å². The van der Waals surface area contributed by atoms with E-state index in [0.717, 1.165) is 12.8 Å². The summed E-state index contributed by atoms with van der Waals surface area (Å²) in [7, 11) is 0. The molecule has 3 heterocycles. The third-order valence-corrected chi connectivity index (χ3v) is 5.38. The van der Waals surface area contributed by atoms with E-state index in [1.807, 2.05) is 5.38 Å². The Balaban J connectivity index is 1.71. The number of anilines is 1. The molecule has 0 aliphatic carbocycles. The molecule has 24 heavy (non-hydrogen) atoms. The molecule has 0 saturated carbocycles. The van der Waals surface area contributed by atoms with E-state index < -0.39 is 29.1 Å². The molecular formula is C16H23N2O5S+. The maximum Gasteiger partial charge on any atom is 0.329 e. The summed E-state index contributed by atoms with van der Waals surface area (Å²) in [5.41, 5.74) is 4.29. The van der Waals surface area contributed by atoms with Gasteiger partial charge in [-0.3, -0.25) is 15.3 Å². The number of hydrogen-bond acceptors (Lipinski definition) is 7. The quantitative estimate of drug-likeness (QED) is 0.470. The average molecular weight is 355 g/mol. The number of thiazole rings is 1. The van der Waals surface area contributed by atoms with Crippen LogP contribution in [-0.2, 0) is 29.4 Å². The zero-order chi connectivity index (χ0) is 17.4. The number of nitrogen functional groups attached to an aromatic ring is 1. The van der Waals surface area contributed by atoms with Gasteiger partial charge in [0.15, 0.2) is 16.7 Å². The zero-order valence-corrected chi connectivity index (χ0v) is 14.7. The van der Waals surface area contributed by atoms with Crippen molar-refractivity contribution in [1.29, 1.82) is 0 Å². The number of carbonyl (C=O) groups is 2. The van der Waals surface area contributed by atoms with Crippen LogP contribution in [0.4, 0.5) is 5.13 Å². The lowest BCUT2D eigenvalue weighted by molar-refractivity contribution is -0.384. The molecule has 0 radical (unpaired) electrons. The SMILES string of the molecule is CCCCOCC1CC2(CC(C)(c3csc(N)[nH+]3)OC2=O)C(=O)O1. The molecule has 0 amide bonds. The Labute approximate surface area is 144 Å². The van der Waals surface area contributed by atoms with Crippen molar-refractivity contribution in [2.45, 2.75) is 51.2 Å². The lowest BCUT2D eigenvalue weighted by Gasteiger charge is -2.18. The number of aromatic amines is 1. The lowest BCUT2D eigenvalue weighted by Crippen LogP contribution is -2.33. The summed E-state index contributed by atoms with van der Waals surface area (Å²) in [6.07, 6.45) is 2.14. The van der Waals surface area contributed by atoms with Crippen molar-refractivity contribution in [3.8, 4) is 0 Å². The molecule has 3 unspecified atom stereocenters. The van der Waals surface area contributed by atoms with Gasteiger partial charge >= 0.3 is 17.1 Å². The summed E-state index contributed by atoms with van der Waals surface area (Å²) in [4.78, 5) is 27.9. The first kappa shape index (κ1) is 17.2. The highest BCUT2D eigenvalue weighted by Crippen LogP contribution is 2.52. The Morgan fingerprint density at radius 1 is 1.46 bits per heavy atom. The molecule has 2 fully saturated rings. The molecule has 8 heteroatoms. The van der Waals surface area contributed by atoms with E-state index >= 15 is 0 Å². The van der Waals surface area contributed by atoms with Gasteiger partial charge in [0.1, 0.15) is 6.10 Å². The fourth-order valence-electron chi connectivity index (χ4n) is 3.35. The Bertz CT molecular complexity index is 648. The molecule has 1 aromatic heterocycles. The smallest absolute Gasteiger partial charge is 0.329 e. The van der Waals surface area contributed by atoms with Crippen molar-refractivity contribution in [2.75, 3.05) is 18.9 Å². The highest BCUT2D eigenvalue weighted by Gasteiger charge is 2.66. The predicted octanol–water partition coefficient (Wildman–Crippen LogP) is 1.43. The maximum absolute atomic E-state index is 12.5. The Morgan fingerprint density at radius 3 is 2.92 bits per heavy atom. The number of ether oxygens (including phenoxy) is 3. The third-order valence-electron chi connectivity index (χ3n) is 4.67. The van der Waals surface area contributed by atoms with Crippen LogP contribution in [0.1, 0.15) is 45.2 Å². The first-order chi connectivity index (χ1) is 11.4. The van der Waals surface area contributed by atoms with Crippen molar-refractivity contribution >= 4 is 28.4 Å². The van der Waals surface area contributed by atoms with Gasteiger partial charge in [-0.2, -0.15) is 0 Å². The fourth-order valence-corrected chi connectivity index (χ4v) is 4.07. The lowest BCUT2D eigenvalue weighted by atomic mass is 9.78. The molecule has 3 rings (SSSR count). The van der Waals surface area contributed by atoms with E-state index in [0.29, 0.717) is 30.5 Å². The molecule has 7 nitrogen and oxygen atoms in total. The summed E-state index contributed by atoms with van der Waals surface area (Å²) in [6.45, 7) is 4.81. The fraction of sp³-hybridized carbons (Fsp3) is 0.688. The standard InChI is InChI=1S/C16H22N2O5S/c1-3-4-5-21-7-10-6-16(12(19)22-10)9-15(2,23-13(16)20)11-8-24-14(17)18-11/h8,10H,3-7,9H2,1-2H3,(H2,17,18)/p+1. The van der Waals surface area contributed by atoms with Crippen LogP contribution in [0.15, 0.2) is 5.38 Å². The predicted molar refractivity (Wildman–Crippen MR) is 86.0 cm³/mol. The van der Waals surface area contributed by atoms with E-state index in [1.165, 1.54) is 11.3 Å². The highest BCUT2D eigenvalue weighted by molar-refractivity contribution is 7.13. The molecule has 2 aliphatic rings. The van der Waals surface area contributed by atoms with E-state index in [-0.39, 0.29) is 6.42 Å². The topological polar surface area (TPSA) is 102 Å². The molecule has 2 aliphatic heterocycles. The van der Waals surface area contributed by atoms with Crippen LogP contribution in [0.25, 0.3) is 0 Å². The number of hydrogen-bond donors (Lipinski definition) is 1. The maximum atomic E-state index is 12.5. The first-order valence-corrected chi connectivity index (χ1v) is 9.06. The van der Waals surface area contributed by atoms with Gasteiger partial charge in [0.25, 0.3) is 0 Å². The molecule has 1 aromatic rings. The Kier molecular flexibility index (Phi) is 4.52. The van der Waals surface area contributed by atoms with E-state index in [1.54, 1.807) is 6.92 Å². The summed E-state index contributed by atoms with van der Waals surface area (Å²) in [5, 5.41) is 2.34. The van der Waals surface area contributed by atoms with Crippen LogP contribution in [0.2, 0.25) is 0 Å². The largest absolute Gasteiger partial charge is 0.459 e. The second-order valence-corrected chi connectivity index (χ2v) is 7.59. The summed E-state index contributed by atoms with van der Waals surface area (Å²) >= 11 is 1.33. The normalized spacial score (nSPS) is 32.3. The molecule has 0 aromatic carbocycles. The first-order valence-electron chi connectivity index (χ1n) is 8.19.